The number of aliphatic hydroxyl groups is 1. The molecule has 0 saturated carbocycles. The van der Waals surface area contributed by atoms with Gasteiger partial charge in [0, 0.05) is 25.7 Å². The standard InChI is InChI=1S/C88H172O17P2/c1-9-80(7)66-58-50-42-34-28-22-15-13-11-12-14-16-25-31-37-45-54-62-70-87(92)104-83(74-98-85(90)68-60-52-44-36-30-24-20-18-23-29-35-43-51-59-67-81(8)10-2)76-102-106(94,95)100-72-82(89)73-101-107(96,97)103-77-84(75-99-86(91)69-61-53-47-39-41-49-57-65-79(5)6)105-88(93)71-63-55-46-38-32-26-19-17-21-27-33-40-48-56-64-78(3)4/h78-84,89H,9-77H2,1-8H3,(H,94,95)(H,96,97)/t80?,81?,82?,83-,84-/m1/s1. The van der Waals surface area contributed by atoms with Crippen molar-refractivity contribution in [3.05, 3.63) is 0 Å². The molecule has 0 aliphatic rings. The summed E-state index contributed by atoms with van der Waals surface area (Å²) in [5.74, 6) is 1.11. The summed E-state index contributed by atoms with van der Waals surface area (Å²) in [7, 11) is -9.93. The summed E-state index contributed by atoms with van der Waals surface area (Å²) < 4.78 is 68.9. The van der Waals surface area contributed by atoms with Crippen LogP contribution >= 0.6 is 15.6 Å². The Morgan fingerprint density at radius 1 is 0.262 bits per heavy atom. The number of ether oxygens (including phenoxy) is 4. The molecule has 0 saturated heterocycles. The molecule has 17 nitrogen and oxygen atoms in total. The summed E-state index contributed by atoms with van der Waals surface area (Å²) in [6, 6.07) is 0. The highest BCUT2D eigenvalue weighted by Crippen LogP contribution is 2.45. The fraction of sp³-hybridized carbons (Fsp3) is 0.955. The molecule has 3 N–H and O–H groups in total. The van der Waals surface area contributed by atoms with Crippen LogP contribution in [0.15, 0.2) is 0 Å². The first-order valence-corrected chi connectivity index (χ1v) is 48.3. The lowest BCUT2D eigenvalue weighted by Gasteiger charge is -2.21. The first-order valence-electron chi connectivity index (χ1n) is 45.3. The Morgan fingerprint density at radius 2 is 0.449 bits per heavy atom. The fourth-order valence-corrected chi connectivity index (χ4v) is 15.2. The van der Waals surface area contributed by atoms with Gasteiger partial charge in [-0.15, -0.1) is 0 Å². The molecule has 0 fully saturated rings. The fourth-order valence-electron chi connectivity index (χ4n) is 13.6. The second-order valence-electron chi connectivity index (χ2n) is 33.1. The van der Waals surface area contributed by atoms with Crippen LogP contribution in [0.4, 0.5) is 0 Å². The van der Waals surface area contributed by atoms with E-state index in [0.29, 0.717) is 31.6 Å². The third-order valence-electron chi connectivity index (χ3n) is 21.3. The minimum absolute atomic E-state index is 0.107. The topological polar surface area (TPSA) is 237 Å². The molecule has 0 bridgehead atoms. The van der Waals surface area contributed by atoms with E-state index in [0.717, 1.165) is 114 Å². The van der Waals surface area contributed by atoms with Gasteiger partial charge in [0.2, 0.25) is 0 Å². The van der Waals surface area contributed by atoms with Crippen molar-refractivity contribution < 1.29 is 80.2 Å². The third-order valence-corrected chi connectivity index (χ3v) is 23.2. The monoisotopic (exact) mass is 1560 g/mol. The van der Waals surface area contributed by atoms with Gasteiger partial charge in [-0.3, -0.25) is 37.3 Å². The first kappa shape index (κ1) is 105. The minimum Gasteiger partial charge on any atom is -0.462 e. The third kappa shape index (κ3) is 79.1. The van der Waals surface area contributed by atoms with E-state index in [1.54, 1.807) is 0 Å². The molecular weight excluding hydrogens is 1390 g/mol. The number of carbonyl (C=O) groups is 4. The van der Waals surface area contributed by atoms with Crippen LogP contribution in [-0.2, 0) is 65.4 Å². The Balaban J connectivity index is 5.23. The molecule has 5 unspecified atom stereocenters. The van der Waals surface area contributed by atoms with E-state index in [4.69, 9.17) is 37.0 Å². The van der Waals surface area contributed by atoms with Crippen LogP contribution in [0.5, 0.6) is 0 Å². The Kier molecular flexibility index (Phi) is 75.3. The van der Waals surface area contributed by atoms with Crippen molar-refractivity contribution >= 4 is 39.5 Å². The molecule has 19 heteroatoms. The van der Waals surface area contributed by atoms with Gasteiger partial charge >= 0.3 is 39.5 Å². The van der Waals surface area contributed by atoms with E-state index in [1.807, 2.05) is 0 Å². The number of aliphatic hydroxyl groups excluding tert-OH is 1. The van der Waals surface area contributed by atoms with Gasteiger partial charge in [-0.1, -0.05) is 409 Å². The highest BCUT2D eigenvalue weighted by atomic mass is 31.2. The quantitative estimate of drug-likeness (QED) is 0.0222. The van der Waals surface area contributed by atoms with E-state index < -0.39 is 97.5 Å². The summed E-state index contributed by atoms with van der Waals surface area (Å²) in [6.07, 6.45) is 66.7. The number of phosphoric acid groups is 2. The van der Waals surface area contributed by atoms with E-state index in [2.05, 4.69) is 55.4 Å². The lowest BCUT2D eigenvalue weighted by Crippen LogP contribution is -2.30. The molecule has 0 rings (SSSR count). The minimum atomic E-state index is -4.97. The molecule has 0 heterocycles. The van der Waals surface area contributed by atoms with E-state index in [1.165, 1.54) is 257 Å². The molecule has 0 amide bonds. The molecule has 0 aliphatic carbocycles. The van der Waals surface area contributed by atoms with Crippen molar-refractivity contribution in [2.45, 2.75) is 478 Å². The van der Waals surface area contributed by atoms with Gasteiger partial charge in [-0.2, -0.15) is 0 Å². The molecule has 0 spiro atoms. The lowest BCUT2D eigenvalue weighted by atomic mass is 9.99. The van der Waals surface area contributed by atoms with Crippen molar-refractivity contribution in [3.8, 4) is 0 Å². The van der Waals surface area contributed by atoms with Crippen molar-refractivity contribution in [1.82, 2.24) is 0 Å². The maximum atomic E-state index is 13.2. The number of esters is 4. The average molecular weight is 1560 g/mol. The zero-order valence-corrected chi connectivity index (χ0v) is 72.6. The summed E-state index contributed by atoms with van der Waals surface area (Å²) in [6.45, 7) is 14.4. The number of hydrogen-bond acceptors (Lipinski definition) is 15. The number of hydrogen-bond donors (Lipinski definition) is 3. The second kappa shape index (κ2) is 76.7. The van der Waals surface area contributed by atoms with Crippen LogP contribution in [0.1, 0.15) is 460 Å². The Bertz CT molecular complexity index is 2080. The Labute approximate surface area is 658 Å². The number of phosphoric ester groups is 2. The summed E-state index contributed by atoms with van der Waals surface area (Å²) >= 11 is 0. The van der Waals surface area contributed by atoms with E-state index in [9.17, 15) is 43.2 Å². The lowest BCUT2D eigenvalue weighted by molar-refractivity contribution is -0.161. The molecule has 0 aromatic carbocycles. The van der Waals surface area contributed by atoms with Crippen molar-refractivity contribution in [3.63, 3.8) is 0 Å². The van der Waals surface area contributed by atoms with Gasteiger partial charge in [0.15, 0.2) is 12.2 Å². The Hall–Kier alpha value is -1.94. The predicted molar refractivity (Wildman–Crippen MR) is 441 cm³/mol. The molecule has 7 atom stereocenters. The smallest absolute Gasteiger partial charge is 0.462 e. The van der Waals surface area contributed by atoms with Crippen LogP contribution in [0.2, 0.25) is 0 Å². The van der Waals surface area contributed by atoms with Crippen molar-refractivity contribution in [2.75, 3.05) is 39.6 Å². The van der Waals surface area contributed by atoms with Crippen LogP contribution in [0.25, 0.3) is 0 Å². The maximum absolute atomic E-state index is 13.2. The van der Waals surface area contributed by atoms with Crippen LogP contribution < -0.4 is 0 Å². The SMILES string of the molecule is CCC(C)CCCCCCCCCCCCCCCCCCCCC(=O)O[C@H](COC(=O)CCCCCCCCCCCCCCCCC(C)CC)COP(=O)(O)OCC(O)COP(=O)(O)OC[C@@H](COC(=O)CCCCCCCCCC(C)C)OC(=O)CCCCCCCCCCCCCCCCC(C)C. The van der Waals surface area contributed by atoms with Gasteiger partial charge in [0.05, 0.1) is 26.4 Å². The summed E-state index contributed by atoms with van der Waals surface area (Å²) in [5, 5.41) is 10.7. The van der Waals surface area contributed by atoms with Gasteiger partial charge in [0.1, 0.15) is 19.3 Å². The largest absolute Gasteiger partial charge is 0.472 e. The summed E-state index contributed by atoms with van der Waals surface area (Å²) in [4.78, 5) is 73.3. The Morgan fingerprint density at radius 3 is 0.664 bits per heavy atom. The molecule has 0 radical (unpaired) electrons. The molecule has 0 aliphatic heterocycles. The van der Waals surface area contributed by atoms with Crippen LogP contribution in [0.3, 0.4) is 0 Å². The van der Waals surface area contributed by atoms with E-state index in [-0.39, 0.29) is 25.7 Å². The zero-order chi connectivity index (χ0) is 78.8. The zero-order valence-electron chi connectivity index (χ0n) is 70.8. The number of carbonyl (C=O) groups excluding carboxylic acids is 4. The number of unbranched alkanes of at least 4 members (excludes halogenated alkanes) is 49. The van der Waals surface area contributed by atoms with Gasteiger partial charge < -0.3 is 33.8 Å². The molecule has 0 aromatic rings. The van der Waals surface area contributed by atoms with Crippen molar-refractivity contribution in [2.24, 2.45) is 23.7 Å². The average Bonchev–Trinajstić information content (AvgIpc) is 0.899. The predicted octanol–water partition coefficient (Wildman–Crippen LogP) is 26.7. The van der Waals surface area contributed by atoms with Crippen LogP contribution in [0, 0.1) is 23.7 Å². The highest BCUT2D eigenvalue weighted by Gasteiger charge is 2.31. The maximum Gasteiger partial charge on any atom is 0.472 e. The molecule has 0 aromatic heterocycles. The normalized spacial score (nSPS) is 14.4. The first-order chi connectivity index (χ1) is 51.7. The molecular formula is C88H172O17P2. The second-order valence-corrected chi connectivity index (χ2v) is 36.0. The van der Waals surface area contributed by atoms with Gasteiger partial charge in [-0.25, -0.2) is 9.13 Å². The number of rotatable bonds is 85. The van der Waals surface area contributed by atoms with Crippen LogP contribution in [-0.4, -0.2) is 96.7 Å². The summed E-state index contributed by atoms with van der Waals surface area (Å²) in [5.41, 5.74) is 0. The van der Waals surface area contributed by atoms with Gasteiger partial charge in [-0.05, 0) is 49.4 Å². The van der Waals surface area contributed by atoms with Crippen molar-refractivity contribution in [1.29, 1.82) is 0 Å². The highest BCUT2D eigenvalue weighted by molar-refractivity contribution is 7.47. The van der Waals surface area contributed by atoms with Gasteiger partial charge in [0.25, 0.3) is 0 Å². The molecule has 107 heavy (non-hydrogen) atoms. The van der Waals surface area contributed by atoms with E-state index >= 15 is 0 Å². The molecule has 636 valence electrons.